The highest BCUT2D eigenvalue weighted by atomic mass is 16.5. The Kier molecular flexibility index (Phi) is 4.68. The number of hydrogen-bond donors (Lipinski definition) is 2. The first-order valence-corrected chi connectivity index (χ1v) is 7.29. The average molecular weight is 278 g/mol. The van der Waals surface area contributed by atoms with Crippen LogP contribution in [0.4, 0.5) is 0 Å². The number of likely N-dealkylation sites (tertiary alicyclic amines) is 1. The Morgan fingerprint density at radius 1 is 1.30 bits per heavy atom. The van der Waals surface area contributed by atoms with Crippen LogP contribution in [0.5, 0.6) is 5.75 Å². The number of nitrogens with zero attached hydrogens (tertiary/aromatic N) is 1. The standard InChI is InChI=1S/C16H26N2O2/c1-12(17)15(13-6-4-5-7-14(13)20-3)18-10-8-16(2,19)9-11-18/h4-7,12,15,19H,8-11,17H2,1-3H3. The second-order valence-corrected chi connectivity index (χ2v) is 6.08. The van der Waals surface area contributed by atoms with E-state index in [4.69, 9.17) is 10.5 Å². The van der Waals surface area contributed by atoms with Gasteiger partial charge in [0, 0.05) is 24.7 Å². The summed E-state index contributed by atoms with van der Waals surface area (Å²) in [5.41, 5.74) is 6.82. The van der Waals surface area contributed by atoms with Crippen LogP contribution in [-0.4, -0.2) is 41.8 Å². The first kappa shape index (κ1) is 15.3. The number of nitrogens with two attached hydrogens (primary N) is 1. The molecular formula is C16H26N2O2. The maximum absolute atomic E-state index is 10.1. The first-order valence-electron chi connectivity index (χ1n) is 7.29. The molecule has 2 atom stereocenters. The van der Waals surface area contributed by atoms with Crippen LogP contribution in [0.3, 0.4) is 0 Å². The van der Waals surface area contributed by atoms with E-state index in [0.29, 0.717) is 0 Å². The van der Waals surface area contributed by atoms with Crippen molar-refractivity contribution in [3.8, 4) is 5.75 Å². The number of benzene rings is 1. The number of rotatable bonds is 4. The molecule has 0 aromatic heterocycles. The minimum absolute atomic E-state index is 0.00866. The van der Waals surface area contributed by atoms with Gasteiger partial charge in [0.2, 0.25) is 0 Å². The molecule has 0 bridgehead atoms. The van der Waals surface area contributed by atoms with Gasteiger partial charge in [-0.05, 0) is 32.8 Å². The molecule has 4 nitrogen and oxygen atoms in total. The number of piperidine rings is 1. The van der Waals surface area contributed by atoms with Crippen molar-refractivity contribution in [3.05, 3.63) is 29.8 Å². The summed E-state index contributed by atoms with van der Waals surface area (Å²) >= 11 is 0. The topological polar surface area (TPSA) is 58.7 Å². The molecule has 2 rings (SSSR count). The smallest absolute Gasteiger partial charge is 0.123 e. The molecule has 1 fully saturated rings. The Bertz CT molecular complexity index is 436. The third-order valence-corrected chi connectivity index (χ3v) is 4.22. The van der Waals surface area contributed by atoms with Crippen LogP contribution in [0.25, 0.3) is 0 Å². The van der Waals surface area contributed by atoms with E-state index in [1.807, 2.05) is 32.0 Å². The lowest BCUT2D eigenvalue weighted by atomic mass is 9.90. The molecule has 3 N–H and O–H groups in total. The zero-order chi connectivity index (χ0) is 14.8. The van der Waals surface area contributed by atoms with Gasteiger partial charge in [-0.25, -0.2) is 0 Å². The third kappa shape index (κ3) is 3.32. The molecule has 1 aromatic carbocycles. The SMILES string of the molecule is COc1ccccc1C(C(C)N)N1CCC(C)(O)CC1. The highest BCUT2D eigenvalue weighted by molar-refractivity contribution is 5.36. The summed E-state index contributed by atoms with van der Waals surface area (Å²) in [5, 5.41) is 10.1. The summed E-state index contributed by atoms with van der Waals surface area (Å²) < 4.78 is 5.48. The molecule has 1 heterocycles. The molecule has 1 aliphatic rings. The molecule has 0 amide bonds. The van der Waals surface area contributed by atoms with E-state index < -0.39 is 5.60 Å². The zero-order valence-corrected chi connectivity index (χ0v) is 12.7. The van der Waals surface area contributed by atoms with Crippen LogP contribution in [0, 0.1) is 0 Å². The maximum atomic E-state index is 10.1. The van der Waals surface area contributed by atoms with Crippen molar-refractivity contribution in [3.63, 3.8) is 0 Å². The van der Waals surface area contributed by atoms with Gasteiger partial charge in [-0.2, -0.15) is 0 Å². The zero-order valence-electron chi connectivity index (χ0n) is 12.7. The lowest BCUT2D eigenvalue weighted by molar-refractivity contribution is -0.0196. The average Bonchev–Trinajstić information content (AvgIpc) is 2.41. The van der Waals surface area contributed by atoms with Crippen LogP contribution in [0.2, 0.25) is 0 Å². The minimum atomic E-state index is -0.542. The molecule has 4 heteroatoms. The molecule has 0 aliphatic carbocycles. The van der Waals surface area contributed by atoms with Gasteiger partial charge in [-0.3, -0.25) is 4.90 Å². The number of methoxy groups -OCH3 is 1. The van der Waals surface area contributed by atoms with Gasteiger partial charge in [0.05, 0.1) is 18.8 Å². The third-order valence-electron chi connectivity index (χ3n) is 4.22. The fourth-order valence-electron chi connectivity index (χ4n) is 3.01. The Balaban J connectivity index is 2.24. The highest BCUT2D eigenvalue weighted by Gasteiger charge is 2.33. The number of aliphatic hydroxyl groups is 1. The van der Waals surface area contributed by atoms with Crippen molar-refractivity contribution in [1.82, 2.24) is 4.90 Å². The molecule has 0 radical (unpaired) electrons. The molecule has 20 heavy (non-hydrogen) atoms. The van der Waals surface area contributed by atoms with Gasteiger partial charge in [-0.15, -0.1) is 0 Å². The van der Waals surface area contributed by atoms with Gasteiger partial charge >= 0.3 is 0 Å². The van der Waals surface area contributed by atoms with E-state index in [1.165, 1.54) is 0 Å². The molecule has 0 spiro atoms. The summed E-state index contributed by atoms with van der Waals surface area (Å²) in [6.07, 6.45) is 1.57. The lowest BCUT2D eigenvalue weighted by Gasteiger charge is -2.42. The van der Waals surface area contributed by atoms with E-state index >= 15 is 0 Å². The minimum Gasteiger partial charge on any atom is -0.496 e. The molecular weight excluding hydrogens is 252 g/mol. The van der Waals surface area contributed by atoms with Crippen LogP contribution < -0.4 is 10.5 Å². The Hall–Kier alpha value is -1.10. The van der Waals surface area contributed by atoms with Crippen molar-refractivity contribution < 1.29 is 9.84 Å². The van der Waals surface area contributed by atoms with Crippen molar-refractivity contribution in [2.45, 2.75) is 44.4 Å². The van der Waals surface area contributed by atoms with Crippen molar-refractivity contribution >= 4 is 0 Å². The quantitative estimate of drug-likeness (QED) is 0.883. The first-order chi connectivity index (χ1) is 9.44. The van der Waals surface area contributed by atoms with E-state index in [-0.39, 0.29) is 12.1 Å². The molecule has 112 valence electrons. The van der Waals surface area contributed by atoms with Gasteiger partial charge < -0.3 is 15.6 Å². The second-order valence-electron chi connectivity index (χ2n) is 6.08. The summed E-state index contributed by atoms with van der Waals surface area (Å²) in [6, 6.07) is 8.19. The van der Waals surface area contributed by atoms with E-state index in [2.05, 4.69) is 11.0 Å². The predicted molar refractivity (Wildman–Crippen MR) is 80.8 cm³/mol. The van der Waals surface area contributed by atoms with Crippen molar-refractivity contribution in [2.75, 3.05) is 20.2 Å². The Labute approximate surface area is 121 Å². The molecule has 1 saturated heterocycles. The molecule has 1 aliphatic heterocycles. The molecule has 2 unspecified atom stereocenters. The number of hydrogen-bond acceptors (Lipinski definition) is 4. The van der Waals surface area contributed by atoms with E-state index in [0.717, 1.165) is 37.2 Å². The molecule has 1 aromatic rings. The highest BCUT2D eigenvalue weighted by Crippen LogP contribution is 2.34. The second kappa shape index (κ2) is 6.12. The molecule has 0 saturated carbocycles. The largest absolute Gasteiger partial charge is 0.496 e. The van der Waals surface area contributed by atoms with Crippen LogP contribution in [-0.2, 0) is 0 Å². The Morgan fingerprint density at radius 2 is 1.90 bits per heavy atom. The van der Waals surface area contributed by atoms with Crippen molar-refractivity contribution in [1.29, 1.82) is 0 Å². The summed E-state index contributed by atoms with van der Waals surface area (Å²) in [4.78, 5) is 2.36. The fraction of sp³-hybridized carbons (Fsp3) is 0.625. The summed E-state index contributed by atoms with van der Waals surface area (Å²) in [6.45, 7) is 5.66. The van der Waals surface area contributed by atoms with Gasteiger partial charge in [0.15, 0.2) is 0 Å². The fourth-order valence-corrected chi connectivity index (χ4v) is 3.01. The number of ether oxygens (including phenoxy) is 1. The summed E-state index contributed by atoms with van der Waals surface area (Å²) in [7, 11) is 1.69. The van der Waals surface area contributed by atoms with Crippen LogP contribution in [0.1, 0.15) is 38.3 Å². The number of para-hydroxylation sites is 1. The predicted octanol–water partition coefficient (Wildman–Crippen LogP) is 1.93. The van der Waals surface area contributed by atoms with Crippen molar-refractivity contribution in [2.24, 2.45) is 5.73 Å². The normalized spacial score (nSPS) is 22.2. The van der Waals surface area contributed by atoms with E-state index in [9.17, 15) is 5.11 Å². The van der Waals surface area contributed by atoms with Crippen LogP contribution >= 0.6 is 0 Å². The summed E-state index contributed by atoms with van der Waals surface area (Å²) in [5.74, 6) is 0.882. The monoisotopic (exact) mass is 278 g/mol. The lowest BCUT2D eigenvalue weighted by Crippen LogP contribution is -2.48. The Morgan fingerprint density at radius 3 is 2.45 bits per heavy atom. The van der Waals surface area contributed by atoms with Gasteiger partial charge in [-0.1, -0.05) is 18.2 Å². The van der Waals surface area contributed by atoms with Gasteiger partial charge in [0.1, 0.15) is 5.75 Å². The maximum Gasteiger partial charge on any atom is 0.123 e. The van der Waals surface area contributed by atoms with E-state index in [1.54, 1.807) is 7.11 Å². The van der Waals surface area contributed by atoms with Gasteiger partial charge in [0.25, 0.3) is 0 Å². The van der Waals surface area contributed by atoms with Crippen LogP contribution in [0.15, 0.2) is 24.3 Å².